The highest BCUT2D eigenvalue weighted by Gasteiger charge is 2.21. The summed E-state index contributed by atoms with van der Waals surface area (Å²) in [4.78, 5) is 30.2. The lowest BCUT2D eigenvalue weighted by molar-refractivity contribution is -0.159. The van der Waals surface area contributed by atoms with Gasteiger partial charge in [0.15, 0.2) is 0 Å². The second kappa shape index (κ2) is 8.74. The first-order valence-electron chi connectivity index (χ1n) is 9.41. The first-order valence-corrected chi connectivity index (χ1v) is 9.41. The zero-order chi connectivity index (χ0) is 21.0. The molecule has 0 unspecified atom stereocenters. The summed E-state index contributed by atoms with van der Waals surface area (Å²) in [6.45, 7) is 3.48. The maximum absolute atomic E-state index is 12.0. The van der Waals surface area contributed by atoms with Crippen LogP contribution in [0, 0.1) is 0 Å². The van der Waals surface area contributed by atoms with Crippen LogP contribution in [0.2, 0.25) is 0 Å². The van der Waals surface area contributed by atoms with Crippen LogP contribution in [-0.4, -0.2) is 45.2 Å². The number of carbonyl (C=O) groups is 3. The van der Waals surface area contributed by atoms with Gasteiger partial charge in [0, 0.05) is 40.1 Å². The first-order chi connectivity index (χ1) is 13.9. The van der Waals surface area contributed by atoms with E-state index < -0.39 is 11.9 Å². The molecule has 152 valence electrons. The predicted octanol–water partition coefficient (Wildman–Crippen LogP) is 2.66. The number of carboxylic acids is 2. The minimum absolute atomic E-state index is 0.0236. The van der Waals surface area contributed by atoms with Crippen LogP contribution in [0.3, 0.4) is 0 Å². The largest absolute Gasteiger partial charge is 0.473 e. The molecule has 1 amide bonds. The molecule has 1 fully saturated rings. The van der Waals surface area contributed by atoms with Gasteiger partial charge in [-0.1, -0.05) is 18.2 Å². The van der Waals surface area contributed by atoms with Gasteiger partial charge in [-0.3, -0.25) is 4.79 Å². The van der Waals surface area contributed by atoms with Crippen molar-refractivity contribution in [3.8, 4) is 0 Å². The summed E-state index contributed by atoms with van der Waals surface area (Å²) in [5.41, 5.74) is 3.31. The molecule has 4 rings (SSSR count). The molecule has 0 bridgehead atoms. The van der Waals surface area contributed by atoms with Crippen molar-refractivity contribution in [1.29, 1.82) is 0 Å². The van der Waals surface area contributed by atoms with Crippen molar-refractivity contribution in [1.82, 2.24) is 9.88 Å². The Morgan fingerprint density at radius 3 is 2.28 bits per heavy atom. The van der Waals surface area contributed by atoms with Gasteiger partial charge in [-0.05, 0) is 44.0 Å². The van der Waals surface area contributed by atoms with E-state index in [0.717, 1.165) is 12.2 Å². The van der Waals surface area contributed by atoms with Gasteiger partial charge in [-0.25, -0.2) is 9.59 Å². The number of carbonyl (C=O) groups excluding carboxylic acids is 1. The Bertz CT molecular complexity index is 1060. The van der Waals surface area contributed by atoms with E-state index in [-0.39, 0.29) is 5.91 Å². The number of carboxylic acid groups (broad SMARTS) is 2. The number of fused-ring (bicyclic) bond motifs is 3. The van der Waals surface area contributed by atoms with Gasteiger partial charge in [0.1, 0.15) is 0 Å². The average Bonchev–Trinajstić information content (AvgIpc) is 3.48. The number of rotatable bonds is 5. The Morgan fingerprint density at radius 2 is 1.66 bits per heavy atom. The van der Waals surface area contributed by atoms with Crippen molar-refractivity contribution in [2.45, 2.75) is 32.4 Å². The molecule has 1 aromatic heterocycles. The van der Waals surface area contributed by atoms with Gasteiger partial charge in [0.05, 0.1) is 6.54 Å². The van der Waals surface area contributed by atoms with Gasteiger partial charge in [-0.15, -0.1) is 0 Å². The number of aliphatic carboxylic acids is 2. The van der Waals surface area contributed by atoms with E-state index in [9.17, 15) is 4.79 Å². The number of nitrogens with one attached hydrogen (secondary N) is 2. The highest BCUT2D eigenvalue weighted by molar-refractivity contribution is 6.27. The second-order valence-corrected chi connectivity index (χ2v) is 6.81. The Balaban J connectivity index is 0.000000353. The maximum Gasteiger partial charge on any atom is 0.414 e. The van der Waals surface area contributed by atoms with Crippen molar-refractivity contribution in [2.24, 2.45) is 0 Å². The van der Waals surface area contributed by atoms with Gasteiger partial charge in [0.25, 0.3) is 0 Å². The number of nitrogens with zero attached hydrogens (tertiary/aromatic N) is 1. The van der Waals surface area contributed by atoms with Crippen molar-refractivity contribution < 1.29 is 24.6 Å². The van der Waals surface area contributed by atoms with Gasteiger partial charge in [-0.2, -0.15) is 0 Å². The molecule has 4 N–H and O–H groups in total. The summed E-state index contributed by atoms with van der Waals surface area (Å²) >= 11 is 0. The highest BCUT2D eigenvalue weighted by Crippen LogP contribution is 2.30. The Labute approximate surface area is 167 Å². The van der Waals surface area contributed by atoms with Crippen LogP contribution in [0.25, 0.3) is 21.8 Å². The molecule has 3 aromatic rings. The third-order valence-electron chi connectivity index (χ3n) is 4.68. The minimum atomic E-state index is -1.82. The normalized spacial score (nSPS) is 13.0. The second-order valence-electron chi connectivity index (χ2n) is 6.81. The van der Waals surface area contributed by atoms with E-state index in [1.165, 1.54) is 34.6 Å². The lowest BCUT2D eigenvalue weighted by Gasteiger charge is -2.07. The third-order valence-corrected chi connectivity index (χ3v) is 4.68. The molecule has 29 heavy (non-hydrogen) atoms. The lowest BCUT2D eigenvalue weighted by atomic mass is 10.1. The third kappa shape index (κ3) is 4.91. The van der Waals surface area contributed by atoms with Crippen molar-refractivity contribution >= 4 is 45.3 Å². The van der Waals surface area contributed by atoms with Gasteiger partial charge < -0.3 is 25.4 Å². The average molecular weight is 397 g/mol. The van der Waals surface area contributed by atoms with Crippen LogP contribution in [0.5, 0.6) is 0 Å². The monoisotopic (exact) mass is 397 g/mol. The molecule has 0 aliphatic heterocycles. The fourth-order valence-corrected chi connectivity index (χ4v) is 3.20. The van der Waals surface area contributed by atoms with Crippen LogP contribution in [0.1, 0.15) is 19.8 Å². The molecule has 0 spiro atoms. The van der Waals surface area contributed by atoms with Crippen LogP contribution in [-0.2, 0) is 20.9 Å². The number of aromatic nitrogens is 1. The van der Waals surface area contributed by atoms with E-state index >= 15 is 0 Å². The number of para-hydroxylation sites is 1. The number of amides is 1. The number of hydrogen-bond donors (Lipinski definition) is 4. The van der Waals surface area contributed by atoms with Crippen LogP contribution >= 0.6 is 0 Å². The fourth-order valence-electron chi connectivity index (χ4n) is 3.20. The van der Waals surface area contributed by atoms with Gasteiger partial charge in [0.2, 0.25) is 5.91 Å². The predicted molar refractivity (Wildman–Crippen MR) is 110 cm³/mol. The summed E-state index contributed by atoms with van der Waals surface area (Å²) in [6.07, 6.45) is 2.38. The molecule has 1 saturated carbocycles. The molecule has 1 aliphatic carbocycles. The van der Waals surface area contributed by atoms with E-state index in [0.29, 0.717) is 12.6 Å². The van der Waals surface area contributed by atoms with Crippen LogP contribution < -0.4 is 10.6 Å². The quantitative estimate of drug-likeness (QED) is 0.491. The molecule has 8 nitrogen and oxygen atoms in total. The van der Waals surface area contributed by atoms with E-state index in [1.807, 2.05) is 6.07 Å². The molecule has 8 heteroatoms. The summed E-state index contributed by atoms with van der Waals surface area (Å²) in [6, 6.07) is 15.1. The summed E-state index contributed by atoms with van der Waals surface area (Å²) < 4.78 is 2.31. The summed E-state index contributed by atoms with van der Waals surface area (Å²) in [5, 5.41) is 23.4. The zero-order valence-electron chi connectivity index (χ0n) is 16.0. The topological polar surface area (TPSA) is 121 Å². The maximum atomic E-state index is 12.0. The smallest absolute Gasteiger partial charge is 0.414 e. The lowest BCUT2D eigenvalue weighted by Crippen LogP contribution is -2.29. The highest BCUT2D eigenvalue weighted by atomic mass is 16.4. The summed E-state index contributed by atoms with van der Waals surface area (Å²) in [5.74, 6) is -3.62. The number of benzene rings is 2. The molecular formula is C21H23N3O5. The van der Waals surface area contributed by atoms with Crippen molar-refractivity contribution in [2.75, 3.05) is 11.9 Å². The number of anilines is 1. The van der Waals surface area contributed by atoms with Crippen LogP contribution in [0.15, 0.2) is 42.5 Å². The standard InChI is InChI=1S/C19H21N3O.C2H2O4/c1-2-22-17-6-4-3-5-15(17)16-11-14(9-10-18(16)22)21-19(23)12-20-13-7-8-13;3-1(4)2(5)6/h3-6,9-11,13,20H,2,7-8,12H2,1H3,(H,21,23);(H,3,4)(H,5,6). The van der Waals surface area contributed by atoms with E-state index in [4.69, 9.17) is 19.8 Å². The molecular weight excluding hydrogens is 374 g/mol. The van der Waals surface area contributed by atoms with Crippen molar-refractivity contribution in [3.05, 3.63) is 42.5 Å². The Hall–Kier alpha value is -3.39. The number of aryl methyl sites for hydroxylation is 1. The molecule has 2 aromatic carbocycles. The molecule has 1 heterocycles. The Kier molecular flexibility index (Phi) is 6.13. The molecule has 0 radical (unpaired) electrons. The summed E-state index contributed by atoms with van der Waals surface area (Å²) in [7, 11) is 0. The zero-order valence-corrected chi connectivity index (χ0v) is 16.0. The molecule has 0 atom stereocenters. The Morgan fingerprint density at radius 1 is 1.00 bits per heavy atom. The van der Waals surface area contributed by atoms with E-state index in [1.54, 1.807) is 0 Å². The minimum Gasteiger partial charge on any atom is -0.473 e. The molecule has 0 saturated heterocycles. The van der Waals surface area contributed by atoms with Crippen molar-refractivity contribution in [3.63, 3.8) is 0 Å². The van der Waals surface area contributed by atoms with E-state index in [2.05, 4.69) is 58.5 Å². The SMILES string of the molecule is CCn1c2ccccc2c2cc(NC(=O)CNC3CC3)ccc21.O=C(O)C(=O)O. The number of hydrogen-bond acceptors (Lipinski definition) is 4. The first kappa shape index (κ1) is 20.3. The van der Waals surface area contributed by atoms with Crippen LogP contribution in [0.4, 0.5) is 5.69 Å². The molecule has 1 aliphatic rings. The fraction of sp³-hybridized carbons (Fsp3) is 0.286. The van der Waals surface area contributed by atoms with Gasteiger partial charge >= 0.3 is 11.9 Å².